The molecule has 0 unspecified atom stereocenters. The topological polar surface area (TPSA) is 108 Å². The van der Waals surface area contributed by atoms with E-state index in [1.54, 1.807) is 12.1 Å². The smallest absolute Gasteiger partial charge is 0.269 e. The maximum atomic E-state index is 12.5. The number of hydrogen-bond donors (Lipinski definition) is 1. The van der Waals surface area contributed by atoms with Gasteiger partial charge in [-0.3, -0.25) is 14.9 Å². The van der Waals surface area contributed by atoms with E-state index in [1.807, 2.05) is 4.90 Å². The molecule has 8 heteroatoms. The van der Waals surface area contributed by atoms with Crippen molar-refractivity contribution in [3.8, 4) is 5.75 Å². The average Bonchev–Trinajstić information content (AvgIpc) is 3.11. The van der Waals surface area contributed by atoms with Gasteiger partial charge in [-0.2, -0.15) is 0 Å². The molecule has 0 saturated carbocycles. The quantitative estimate of drug-likeness (QED) is 0.637. The fourth-order valence-electron chi connectivity index (χ4n) is 3.30. The highest BCUT2D eigenvalue weighted by Gasteiger charge is 2.34. The van der Waals surface area contributed by atoms with Crippen LogP contribution in [0.15, 0.2) is 24.3 Å². The molecule has 136 valence electrons. The Morgan fingerprint density at radius 3 is 2.48 bits per heavy atom. The number of piperidine rings is 1. The molecule has 1 aromatic rings. The molecular formula is C17H23N3O5. The van der Waals surface area contributed by atoms with Crippen LogP contribution in [0.3, 0.4) is 0 Å². The van der Waals surface area contributed by atoms with Gasteiger partial charge in [0.15, 0.2) is 0 Å². The molecule has 2 atom stereocenters. The Bertz CT molecular complexity index is 613. The van der Waals surface area contributed by atoms with E-state index < -0.39 is 4.92 Å². The Labute approximate surface area is 146 Å². The molecule has 2 fully saturated rings. The van der Waals surface area contributed by atoms with E-state index in [0.29, 0.717) is 25.4 Å². The van der Waals surface area contributed by atoms with E-state index in [4.69, 9.17) is 15.2 Å². The van der Waals surface area contributed by atoms with Crippen LogP contribution in [0.4, 0.5) is 5.69 Å². The monoisotopic (exact) mass is 349 g/mol. The standard InChI is InChI=1S/C17H23N3O5/c18-11-15-5-6-16(25-15)17(21)19-9-7-14(8-10-19)24-13-3-1-12(2-4-13)20(22)23/h1-4,14-16H,5-11,18H2/t15-,16+/m1/s1. The van der Waals surface area contributed by atoms with E-state index in [1.165, 1.54) is 12.1 Å². The number of nitro groups is 1. The largest absolute Gasteiger partial charge is 0.490 e. The molecule has 2 aliphatic rings. The second kappa shape index (κ2) is 7.79. The molecule has 25 heavy (non-hydrogen) atoms. The summed E-state index contributed by atoms with van der Waals surface area (Å²) in [5.74, 6) is 0.657. The van der Waals surface area contributed by atoms with Crippen molar-refractivity contribution in [2.45, 2.75) is 44.0 Å². The van der Waals surface area contributed by atoms with Gasteiger partial charge in [-0.25, -0.2) is 0 Å². The summed E-state index contributed by atoms with van der Waals surface area (Å²) in [6.07, 6.45) is 2.68. The molecular weight excluding hydrogens is 326 g/mol. The van der Waals surface area contributed by atoms with Crippen molar-refractivity contribution in [2.24, 2.45) is 5.73 Å². The lowest BCUT2D eigenvalue weighted by Gasteiger charge is -2.33. The summed E-state index contributed by atoms with van der Waals surface area (Å²) >= 11 is 0. The number of carbonyl (C=O) groups excluding carboxylic acids is 1. The molecule has 2 heterocycles. The first-order valence-electron chi connectivity index (χ1n) is 8.62. The van der Waals surface area contributed by atoms with Crippen molar-refractivity contribution in [3.63, 3.8) is 0 Å². The number of amides is 1. The fourth-order valence-corrected chi connectivity index (χ4v) is 3.30. The number of ether oxygens (including phenoxy) is 2. The maximum Gasteiger partial charge on any atom is 0.269 e. The molecule has 0 bridgehead atoms. The molecule has 0 radical (unpaired) electrons. The van der Waals surface area contributed by atoms with Crippen LogP contribution in [0.1, 0.15) is 25.7 Å². The van der Waals surface area contributed by atoms with Crippen LogP contribution >= 0.6 is 0 Å². The Hall–Kier alpha value is -2.19. The highest BCUT2D eigenvalue weighted by atomic mass is 16.6. The molecule has 1 amide bonds. The van der Waals surface area contributed by atoms with E-state index in [2.05, 4.69) is 0 Å². The van der Waals surface area contributed by atoms with Gasteiger partial charge >= 0.3 is 0 Å². The Kier molecular flexibility index (Phi) is 5.50. The highest BCUT2D eigenvalue weighted by molar-refractivity contribution is 5.81. The van der Waals surface area contributed by atoms with Crippen LogP contribution < -0.4 is 10.5 Å². The Morgan fingerprint density at radius 1 is 1.24 bits per heavy atom. The Balaban J connectivity index is 1.47. The average molecular weight is 349 g/mol. The van der Waals surface area contributed by atoms with Gasteiger partial charge in [-0.1, -0.05) is 0 Å². The third-order valence-electron chi connectivity index (χ3n) is 4.75. The molecule has 0 spiro atoms. The number of benzene rings is 1. The lowest BCUT2D eigenvalue weighted by Crippen LogP contribution is -2.46. The van der Waals surface area contributed by atoms with Crippen molar-refractivity contribution in [1.29, 1.82) is 0 Å². The van der Waals surface area contributed by atoms with Gasteiger partial charge in [0.2, 0.25) is 0 Å². The number of nitro benzene ring substituents is 1. The molecule has 2 aliphatic heterocycles. The van der Waals surface area contributed by atoms with Gasteiger partial charge in [0.1, 0.15) is 18.0 Å². The van der Waals surface area contributed by atoms with Crippen LogP contribution in [0, 0.1) is 10.1 Å². The summed E-state index contributed by atoms with van der Waals surface area (Å²) in [6.45, 7) is 1.71. The summed E-state index contributed by atoms with van der Waals surface area (Å²) in [7, 11) is 0. The van der Waals surface area contributed by atoms with Crippen LogP contribution in [-0.2, 0) is 9.53 Å². The van der Waals surface area contributed by atoms with Crippen molar-refractivity contribution in [2.75, 3.05) is 19.6 Å². The third kappa shape index (κ3) is 4.26. The predicted octanol–water partition coefficient (Wildman–Crippen LogP) is 1.47. The van der Waals surface area contributed by atoms with Crippen molar-refractivity contribution < 1.29 is 19.2 Å². The van der Waals surface area contributed by atoms with Crippen LogP contribution in [0.2, 0.25) is 0 Å². The molecule has 8 nitrogen and oxygen atoms in total. The first kappa shape index (κ1) is 17.6. The number of non-ortho nitro benzene ring substituents is 1. The lowest BCUT2D eigenvalue weighted by atomic mass is 10.1. The number of hydrogen-bond acceptors (Lipinski definition) is 6. The van der Waals surface area contributed by atoms with Crippen molar-refractivity contribution >= 4 is 11.6 Å². The minimum absolute atomic E-state index is 0.00282. The number of likely N-dealkylation sites (tertiary alicyclic amines) is 1. The number of nitrogens with zero attached hydrogens (tertiary/aromatic N) is 2. The minimum Gasteiger partial charge on any atom is -0.490 e. The van der Waals surface area contributed by atoms with E-state index in [-0.39, 0.29) is 29.9 Å². The van der Waals surface area contributed by atoms with Gasteiger partial charge in [0.05, 0.1) is 11.0 Å². The minimum atomic E-state index is -0.436. The van der Waals surface area contributed by atoms with Crippen LogP contribution in [0.5, 0.6) is 5.75 Å². The first-order chi connectivity index (χ1) is 12.1. The molecule has 0 aromatic heterocycles. The number of carbonyl (C=O) groups is 1. The SMILES string of the molecule is NC[C@H]1CC[C@@H](C(=O)N2CCC(Oc3ccc([N+](=O)[O-])cc3)CC2)O1. The van der Waals surface area contributed by atoms with Crippen molar-refractivity contribution in [3.05, 3.63) is 34.4 Å². The zero-order valence-electron chi connectivity index (χ0n) is 14.0. The number of nitrogens with two attached hydrogens (primary N) is 1. The van der Waals surface area contributed by atoms with Gasteiger partial charge in [-0.05, 0) is 25.0 Å². The summed E-state index contributed by atoms with van der Waals surface area (Å²) in [5.41, 5.74) is 5.63. The molecule has 2 N–H and O–H groups in total. The van der Waals surface area contributed by atoms with Gasteiger partial charge in [-0.15, -0.1) is 0 Å². The van der Waals surface area contributed by atoms with E-state index >= 15 is 0 Å². The van der Waals surface area contributed by atoms with Gasteiger partial charge in [0, 0.05) is 44.6 Å². The van der Waals surface area contributed by atoms with E-state index in [9.17, 15) is 14.9 Å². The Morgan fingerprint density at radius 2 is 1.92 bits per heavy atom. The summed E-state index contributed by atoms with van der Waals surface area (Å²) in [6, 6.07) is 6.07. The van der Waals surface area contributed by atoms with Crippen molar-refractivity contribution in [1.82, 2.24) is 4.90 Å². The van der Waals surface area contributed by atoms with Gasteiger partial charge < -0.3 is 20.1 Å². The zero-order valence-corrected chi connectivity index (χ0v) is 14.0. The summed E-state index contributed by atoms with van der Waals surface area (Å²) in [5, 5.41) is 10.7. The highest BCUT2D eigenvalue weighted by Crippen LogP contribution is 2.25. The molecule has 3 rings (SSSR count). The summed E-state index contributed by atoms with van der Waals surface area (Å²) in [4.78, 5) is 24.5. The zero-order chi connectivity index (χ0) is 17.8. The van der Waals surface area contributed by atoms with Crippen LogP contribution in [-0.4, -0.2) is 53.7 Å². The lowest BCUT2D eigenvalue weighted by molar-refractivity contribution is -0.384. The normalized spacial score (nSPS) is 24.3. The predicted molar refractivity (Wildman–Crippen MR) is 90.3 cm³/mol. The first-order valence-corrected chi connectivity index (χ1v) is 8.62. The molecule has 0 aliphatic carbocycles. The second-order valence-electron chi connectivity index (χ2n) is 6.45. The molecule has 1 aromatic carbocycles. The summed E-state index contributed by atoms with van der Waals surface area (Å²) < 4.78 is 11.5. The van der Waals surface area contributed by atoms with E-state index in [0.717, 1.165) is 25.7 Å². The second-order valence-corrected chi connectivity index (χ2v) is 6.45. The van der Waals surface area contributed by atoms with Gasteiger partial charge in [0.25, 0.3) is 11.6 Å². The fraction of sp³-hybridized carbons (Fsp3) is 0.588. The maximum absolute atomic E-state index is 12.5. The van der Waals surface area contributed by atoms with Crippen LogP contribution in [0.25, 0.3) is 0 Å². The molecule has 2 saturated heterocycles. The number of rotatable bonds is 5. The third-order valence-corrected chi connectivity index (χ3v) is 4.75.